The van der Waals surface area contributed by atoms with Gasteiger partial charge < -0.3 is 15.7 Å². The first kappa shape index (κ1) is 15.6. The zero-order valence-electron chi connectivity index (χ0n) is 12.5. The molecule has 2 aromatic carbocycles. The third-order valence-corrected chi connectivity index (χ3v) is 3.27. The minimum absolute atomic E-state index is 0.0448. The van der Waals surface area contributed by atoms with Gasteiger partial charge in [0.25, 0.3) is 11.8 Å². The molecule has 2 amide bonds. The fourth-order valence-electron chi connectivity index (χ4n) is 2.08. The van der Waals surface area contributed by atoms with Crippen LogP contribution in [0.15, 0.2) is 42.5 Å². The highest BCUT2D eigenvalue weighted by Crippen LogP contribution is 2.18. The summed E-state index contributed by atoms with van der Waals surface area (Å²) in [6, 6.07) is 11.9. The Bertz CT molecular complexity index is 711. The Labute approximate surface area is 129 Å². The molecule has 2 aromatic rings. The molecule has 2 rings (SSSR count). The largest absolute Gasteiger partial charge is 0.507 e. The smallest absolute Gasteiger partial charge is 0.255 e. The van der Waals surface area contributed by atoms with Crippen LogP contribution in [0.2, 0.25) is 0 Å². The number of phenolic OH excluding ortho intramolecular Hbond substituents is 1. The van der Waals surface area contributed by atoms with Crippen molar-refractivity contribution in [3.8, 4) is 5.75 Å². The minimum atomic E-state index is -0.358. The van der Waals surface area contributed by atoms with E-state index >= 15 is 0 Å². The van der Waals surface area contributed by atoms with Crippen molar-refractivity contribution in [3.05, 3.63) is 64.7 Å². The number of nitrogens with one attached hydrogen (secondary N) is 2. The summed E-state index contributed by atoms with van der Waals surface area (Å²) in [7, 11) is 1.57. The van der Waals surface area contributed by atoms with Crippen molar-refractivity contribution < 1.29 is 14.7 Å². The standard InChI is InChI=1S/C17H18N2O3/c1-11-6-7-14(15(20)8-11)17(22)19-10-12-4-3-5-13(9-12)16(21)18-2/h3-9,20H,10H2,1-2H3,(H,18,21)(H,19,22). The van der Waals surface area contributed by atoms with Crippen LogP contribution in [0.5, 0.6) is 5.75 Å². The molecule has 5 heteroatoms. The van der Waals surface area contributed by atoms with Crippen LogP contribution < -0.4 is 10.6 Å². The SMILES string of the molecule is CNC(=O)c1cccc(CNC(=O)c2ccc(C)cc2O)c1. The van der Waals surface area contributed by atoms with Gasteiger partial charge in [-0.1, -0.05) is 18.2 Å². The third kappa shape index (κ3) is 3.63. The second kappa shape index (κ2) is 6.76. The van der Waals surface area contributed by atoms with E-state index in [0.29, 0.717) is 5.56 Å². The second-order valence-electron chi connectivity index (χ2n) is 4.98. The van der Waals surface area contributed by atoms with Gasteiger partial charge in [-0.25, -0.2) is 0 Å². The topological polar surface area (TPSA) is 78.4 Å². The van der Waals surface area contributed by atoms with E-state index in [1.54, 1.807) is 43.4 Å². The lowest BCUT2D eigenvalue weighted by molar-refractivity contribution is 0.0946. The molecule has 0 aliphatic rings. The van der Waals surface area contributed by atoms with Crippen molar-refractivity contribution in [2.45, 2.75) is 13.5 Å². The molecule has 3 N–H and O–H groups in total. The van der Waals surface area contributed by atoms with Gasteiger partial charge in [0.2, 0.25) is 0 Å². The van der Waals surface area contributed by atoms with E-state index in [9.17, 15) is 14.7 Å². The molecule has 22 heavy (non-hydrogen) atoms. The molecule has 0 aliphatic heterocycles. The Balaban J connectivity index is 2.06. The Kier molecular flexibility index (Phi) is 4.78. The summed E-state index contributed by atoms with van der Waals surface area (Å²) in [5.41, 5.74) is 2.45. The van der Waals surface area contributed by atoms with Crippen LogP contribution in [-0.2, 0) is 6.54 Å². The van der Waals surface area contributed by atoms with Crippen LogP contribution in [-0.4, -0.2) is 24.0 Å². The van der Waals surface area contributed by atoms with E-state index in [1.165, 1.54) is 0 Å². The average Bonchev–Trinajstić information content (AvgIpc) is 2.52. The van der Waals surface area contributed by atoms with Crippen LogP contribution in [0.3, 0.4) is 0 Å². The Hall–Kier alpha value is -2.82. The van der Waals surface area contributed by atoms with Gasteiger partial charge in [-0.3, -0.25) is 9.59 Å². The first-order chi connectivity index (χ1) is 10.5. The third-order valence-electron chi connectivity index (χ3n) is 3.27. The molecule has 0 saturated heterocycles. The zero-order chi connectivity index (χ0) is 16.1. The molecule has 0 saturated carbocycles. The molecular formula is C17H18N2O3. The number of carbonyl (C=O) groups excluding carboxylic acids is 2. The van der Waals surface area contributed by atoms with Gasteiger partial charge >= 0.3 is 0 Å². The van der Waals surface area contributed by atoms with Crippen LogP contribution in [0.1, 0.15) is 31.8 Å². The summed E-state index contributed by atoms with van der Waals surface area (Å²) in [5.74, 6) is -0.580. The van der Waals surface area contributed by atoms with Crippen molar-refractivity contribution in [2.75, 3.05) is 7.05 Å². The van der Waals surface area contributed by atoms with Gasteiger partial charge in [0.05, 0.1) is 5.56 Å². The summed E-state index contributed by atoms with van der Waals surface area (Å²) in [5, 5.41) is 15.1. The molecule has 0 atom stereocenters. The quantitative estimate of drug-likeness (QED) is 0.807. The van der Waals surface area contributed by atoms with E-state index in [2.05, 4.69) is 10.6 Å². The minimum Gasteiger partial charge on any atom is -0.507 e. The highest BCUT2D eigenvalue weighted by Gasteiger charge is 2.11. The monoisotopic (exact) mass is 298 g/mol. The van der Waals surface area contributed by atoms with Crippen molar-refractivity contribution in [3.63, 3.8) is 0 Å². The molecule has 0 spiro atoms. The number of amides is 2. The Morgan fingerprint density at radius 1 is 1.09 bits per heavy atom. The number of aromatic hydroxyl groups is 1. The fourth-order valence-corrected chi connectivity index (χ4v) is 2.08. The first-order valence-corrected chi connectivity index (χ1v) is 6.90. The number of phenols is 1. The molecule has 0 fully saturated rings. The molecule has 0 aliphatic carbocycles. The predicted molar refractivity (Wildman–Crippen MR) is 83.8 cm³/mol. The molecule has 5 nitrogen and oxygen atoms in total. The van der Waals surface area contributed by atoms with Gasteiger partial charge in [-0.2, -0.15) is 0 Å². The van der Waals surface area contributed by atoms with Gasteiger partial charge in [0.15, 0.2) is 0 Å². The summed E-state index contributed by atoms with van der Waals surface area (Å²) < 4.78 is 0. The fraction of sp³-hybridized carbons (Fsp3) is 0.176. The number of rotatable bonds is 4. The normalized spacial score (nSPS) is 10.1. The van der Waals surface area contributed by atoms with Crippen LogP contribution in [0.25, 0.3) is 0 Å². The van der Waals surface area contributed by atoms with Gasteiger partial charge in [-0.05, 0) is 42.3 Å². The van der Waals surface area contributed by atoms with E-state index in [0.717, 1.165) is 11.1 Å². The molecule has 114 valence electrons. The molecular weight excluding hydrogens is 280 g/mol. The number of aryl methyl sites for hydroxylation is 1. The highest BCUT2D eigenvalue weighted by molar-refractivity contribution is 5.97. The highest BCUT2D eigenvalue weighted by atomic mass is 16.3. The summed E-state index contributed by atoms with van der Waals surface area (Å²) in [6.07, 6.45) is 0. The summed E-state index contributed by atoms with van der Waals surface area (Å²) in [6.45, 7) is 2.11. The summed E-state index contributed by atoms with van der Waals surface area (Å²) >= 11 is 0. The lowest BCUT2D eigenvalue weighted by atomic mass is 10.1. The van der Waals surface area contributed by atoms with Crippen molar-refractivity contribution in [1.29, 1.82) is 0 Å². The Morgan fingerprint density at radius 2 is 1.86 bits per heavy atom. The second-order valence-corrected chi connectivity index (χ2v) is 4.98. The van der Waals surface area contributed by atoms with Crippen molar-refractivity contribution in [1.82, 2.24) is 10.6 Å². The number of carbonyl (C=O) groups is 2. The molecule has 0 heterocycles. The maximum atomic E-state index is 12.1. The van der Waals surface area contributed by atoms with Crippen LogP contribution in [0.4, 0.5) is 0 Å². The van der Waals surface area contributed by atoms with Gasteiger partial charge in [-0.15, -0.1) is 0 Å². The number of benzene rings is 2. The number of hydrogen-bond donors (Lipinski definition) is 3. The maximum absolute atomic E-state index is 12.1. The van der Waals surface area contributed by atoms with E-state index < -0.39 is 0 Å². The van der Waals surface area contributed by atoms with Crippen LogP contribution in [0, 0.1) is 6.92 Å². The Morgan fingerprint density at radius 3 is 2.55 bits per heavy atom. The van der Waals surface area contributed by atoms with Gasteiger partial charge in [0.1, 0.15) is 5.75 Å². The molecule has 0 unspecified atom stereocenters. The van der Waals surface area contributed by atoms with Crippen molar-refractivity contribution >= 4 is 11.8 Å². The first-order valence-electron chi connectivity index (χ1n) is 6.90. The maximum Gasteiger partial charge on any atom is 0.255 e. The molecule has 0 bridgehead atoms. The van der Waals surface area contributed by atoms with E-state index in [-0.39, 0.29) is 29.7 Å². The van der Waals surface area contributed by atoms with Crippen LogP contribution >= 0.6 is 0 Å². The van der Waals surface area contributed by atoms with E-state index in [4.69, 9.17) is 0 Å². The average molecular weight is 298 g/mol. The molecule has 0 aromatic heterocycles. The number of hydrogen-bond acceptors (Lipinski definition) is 3. The van der Waals surface area contributed by atoms with Gasteiger partial charge in [0, 0.05) is 19.2 Å². The lowest BCUT2D eigenvalue weighted by Gasteiger charge is -2.08. The van der Waals surface area contributed by atoms with Crippen molar-refractivity contribution in [2.24, 2.45) is 0 Å². The molecule has 0 radical (unpaired) electrons. The summed E-state index contributed by atoms with van der Waals surface area (Å²) in [4.78, 5) is 23.6. The predicted octanol–water partition coefficient (Wildman–Crippen LogP) is 1.99. The zero-order valence-corrected chi connectivity index (χ0v) is 12.5. The van der Waals surface area contributed by atoms with E-state index in [1.807, 2.05) is 13.0 Å². The lowest BCUT2D eigenvalue weighted by Crippen LogP contribution is -2.23.